The number of nitrogens with zero attached hydrogens (tertiary/aromatic N) is 4. The van der Waals surface area contributed by atoms with Crippen LogP contribution in [-0.2, 0) is 9.59 Å². The Morgan fingerprint density at radius 2 is 1.71 bits per heavy atom. The van der Waals surface area contributed by atoms with E-state index in [1.165, 1.54) is 12.5 Å². The summed E-state index contributed by atoms with van der Waals surface area (Å²) in [6, 6.07) is 7.52. The SMILES string of the molecule is O=C(/C=C/c1nc2ccccc2o1)N1CCN(CC(=O)N2CCCCC2)CC1. The van der Waals surface area contributed by atoms with Gasteiger partial charge in [0.25, 0.3) is 0 Å². The molecule has 148 valence electrons. The van der Waals surface area contributed by atoms with Crippen LogP contribution in [-0.4, -0.2) is 77.3 Å². The zero-order valence-corrected chi connectivity index (χ0v) is 16.0. The van der Waals surface area contributed by atoms with E-state index in [4.69, 9.17) is 4.42 Å². The fraction of sp³-hybridized carbons (Fsp3) is 0.476. The summed E-state index contributed by atoms with van der Waals surface area (Å²) in [5.74, 6) is 0.597. The molecular formula is C21H26N4O3. The number of carbonyl (C=O) groups excluding carboxylic acids is 2. The number of hydrogen-bond donors (Lipinski definition) is 0. The molecule has 2 aliphatic heterocycles. The van der Waals surface area contributed by atoms with E-state index < -0.39 is 0 Å². The quantitative estimate of drug-likeness (QED) is 0.757. The van der Waals surface area contributed by atoms with Gasteiger partial charge in [-0.25, -0.2) is 4.98 Å². The maximum absolute atomic E-state index is 12.4. The summed E-state index contributed by atoms with van der Waals surface area (Å²) in [5, 5.41) is 0. The van der Waals surface area contributed by atoms with Crippen LogP contribution in [0.1, 0.15) is 25.2 Å². The highest BCUT2D eigenvalue weighted by molar-refractivity contribution is 5.91. The highest BCUT2D eigenvalue weighted by atomic mass is 16.3. The lowest BCUT2D eigenvalue weighted by molar-refractivity contribution is -0.134. The van der Waals surface area contributed by atoms with Gasteiger partial charge in [-0.15, -0.1) is 0 Å². The molecule has 0 aliphatic carbocycles. The molecule has 2 aromatic rings. The lowest BCUT2D eigenvalue weighted by atomic mass is 10.1. The van der Waals surface area contributed by atoms with Gasteiger partial charge in [-0.3, -0.25) is 14.5 Å². The number of benzene rings is 1. The Hall–Kier alpha value is -2.67. The predicted molar refractivity (Wildman–Crippen MR) is 106 cm³/mol. The number of piperazine rings is 1. The molecule has 7 heteroatoms. The van der Waals surface area contributed by atoms with Gasteiger partial charge in [0, 0.05) is 51.4 Å². The molecule has 0 saturated carbocycles. The van der Waals surface area contributed by atoms with Gasteiger partial charge in [0.15, 0.2) is 5.58 Å². The number of fused-ring (bicyclic) bond motifs is 1. The normalized spacial score (nSPS) is 18.9. The predicted octanol–water partition coefficient (Wildman–Crippen LogP) is 2.00. The first kappa shape index (κ1) is 18.7. The molecule has 4 rings (SSSR count). The molecular weight excluding hydrogens is 356 g/mol. The maximum atomic E-state index is 12.4. The molecule has 0 radical (unpaired) electrons. The maximum Gasteiger partial charge on any atom is 0.246 e. The molecule has 3 heterocycles. The van der Waals surface area contributed by atoms with Gasteiger partial charge in [0.05, 0.1) is 6.54 Å². The molecule has 0 N–H and O–H groups in total. The monoisotopic (exact) mass is 382 g/mol. The summed E-state index contributed by atoms with van der Waals surface area (Å²) < 4.78 is 5.61. The number of piperidine rings is 1. The first-order chi connectivity index (χ1) is 13.7. The van der Waals surface area contributed by atoms with Gasteiger partial charge in [-0.2, -0.15) is 0 Å². The summed E-state index contributed by atoms with van der Waals surface area (Å²) in [5.41, 5.74) is 1.49. The lowest BCUT2D eigenvalue weighted by Gasteiger charge is -2.35. The fourth-order valence-electron chi connectivity index (χ4n) is 3.77. The number of para-hydroxylation sites is 2. The molecule has 0 atom stereocenters. The minimum Gasteiger partial charge on any atom is -0.437 e. The van der Waals surface area contributed by atoms with E-state index in [0.717, 1.165) is 44.5 Å². The van der Waals surface area contributed by atoms with Crippen LogP contribution in [0.3, 0.4) is 0 Å². The minimum absolute atomic E-state index is 0.0516. The van der Waals surface area contributed by atoms with Crippen molar-refractivity contribution in [1.82, 2.24) is 19.7 Å². The van der Waals surface area contributed by atoms with Crippen molar-refractivity contribution in [2.24, 2.45) is 0 Å². The number of amides is 2. The van der Waals surface area contributed by atoms with Crippen LogP contribution >= 0.6 is 0 Å². The Morgan fingerprint density at radius 3 is 2.46 bits per heavy atom. The molecule has 1 aromatic carbocycles. The zero-order valence-electron chi connectivity index (χ0n) is 16.0. The molecule has 2 fully saturated rings. The second-order valence-corrected chi connectivity index (χ2v) is 7.40. The smallest absolute Gasteiger partial charge is 0.246 e. The molecule has 0 spiro atoms. The molecule has 1 aromatic heterocycles. The topological polar surface area (TPSA) is 69.9 Å². The van der Waals surface area contributed by atoms with E-state index >= 15 is 0 Å². The molecule has 28 heavy (non-hydrogen) atoms. The Morgan fingerprint density at radius 1 is 0.964 bits per heavy atom. The van der Waals surface area contributed by atoms with E-state index in [0.29, 0.717) is 31.1 Å². The van der Waals surface area contributed by atoms with Crippen molar-refractivity contribution in [3.8, 4) is 0 Å². The molecule has 0 bridgehead atoms. The van der Waals surface area contributed by atoms with E-state index in [2.05, 4.69) is 9.88 Å². The summed E-state index contributed by atoms with van der Waals surface area (Å²) in [6.45, 7) is 4.94. The molecule has 2 amide bonds. The highest BCUT2D eigenvalue weighted by Crippen LogP contribution is 2.16. The summed E-state index contributed by atoms with van der Waals surface area (Å²) in [7, 11) is 0. The third-order valence-electron chi connectivity index (χ3n) is 5.43. The van der Waals surface area contributed by atoms with Crippen LogP contribution < -0.4 is 0 Å². The minimum atomic E-state index is -0.0516. The van der Waals surface area contributed by atoms with Crippen molar-refractivity contribution < 1.29 is 14.0 Å². The molecule has 2 aliphatic rings. The van der Waals surface area contributed by atoms with Crippen LogP contribution in [0.4, 0.5) is 0 Å². The third-order valence-corrected chi connectivity index (χ3v) is 5.43. The van der Waals surface area contributed by atoms with Crippen LogP contribution in [0.25, 0.3) is 17.2 Å². The summed E-state index contributed by atoms with van der Waals surface area (Å²) in [6.07, 6.45) is 6.58. The number of rotatable bonds is 4. The molecule has 2 saturated heterocycles. The average Bonchev–Trinajstić information content (AvgIpc) is 3.16. The Kier molecular flexibility index (Phi) is 5.71. The fourth-order valence-corrected chi connectivity index (χ4v) is 3.77. The van der Waals surface area contributed by atoms with Gasteiger partial charge in [-0.05, 0) is 31.4 Å². The van der Waals surface area contributed by atoms with Crippen molar-refractivity contribution >= 4 is 29.0 Å². The zero-order chi connectivity index (χ0) is 19.3. The average molecular weight is 382 g/mol. The van der Waals surface area contributed by atoms with E-state index in [1.807, 2.05) is 29.2 Å². The van der Waals surface area contributed by atoms with Gasteiger partial charge < -0.3 is 14.2 Å². The van der Waals surface area contributed by atoms with Crippen LogP contribution in [0.2, 0.25) is 0 Å². The third kappa shape index (κ3) is 4.42. The van der Waals surface area contributed by atoms with Crippen LogP contribution in [0, 0.1) is 0 Å². The van der Waals surface area contributed by atoms with Crippen LogP contribution in [0.5, 0.6) is 0 Å². The Bertz CT molecular complexity index is 828. The Balaban J connectivity index is 1.26. The number of likely N-dealkylation sites (tertiary alicyclic amines) is 1. The summed E-state index contributed by atoms with van der Waals surface area (Å²) in [4.78, 5) is 35.1. The van der Waals surface area contributed by atoms with E-state index in [-0.39, 0.29) is 11.8 Å². The van der Waals surface area contributed by atoms with Gasteiger partial charge in [-0.1, -0.05) is 12.1 Å². The number of oxazole rings is 1. The second-order valence-electron chi connectivity index (χ2n) is 7.40. The number of aromatic nitrogens is 1. The van der Waals surface area contributed by atoms with Gasteiger partial charge >= 0.3 is 0 Å². The second kappa shape index (κ2) is 8.56. The van der Waals surface area contributed by atoms with Gasteiger partial charge in [0.1, 0.15) is 5.52 Å². The van der Waals surface area contributed by atoms with Gasteiger partial charge in [0.2, 0.25) is 17.7 Å². The number of carbonyl (C=O) groups is 2. The van der Waals surface area contributed by atoms with Crippen molar-refractivity contribution in [2.45, 2.75) is 19.3 Å². The first-order valence-electron chi connectivity index (χ1n) is 10.0. The Labute approximate surface area is 164 Å². The molecule has 0 unspecified atom stereocenters. The lowest BCUT2D eigenvalue weighted by Crippen LogP contribution is -2.51. The van der Waals surface area contributed by atoms with Crippen LogP contribution in [0.15, 0.2) is 34.8 Å². The highest BCUT2D eigenvalue weighted by Gasteiger charge is 2.24. The van der Waals surface area contributed by atoms with Crippen molar-refractivity contribution in [2.75, 3.05) is 45.8 Å². The van der Waals surface area contributed by atoms with Crippen molar-refractivity contribution in [1.29, 1.82) is 0 Å². The van der Waals surface area contributed by atoms with E-state index in [1.54, 1.807) is 11.0 Å². The largest absolute Gasteiger partial charge is 0.437 e. The van der Waals surface area contributed by atoms with Crippen molar-refractivity contribution in [3.63, 3.8) is 0 Å². The molecule has 7 nitrogen and oxygen atoms in total. The van der Waals surface area contributed by atoms with Crippen molar-refractivity contribution in [3.05, 3.63) is 36.2 Å². The summed E-state index contributed by atoms with van der Waals surface area (Å²) >= 11 is 0. The standard InChI is InChI=1S/C21H26N4O3/c26-20(9-8-19-22-17-6-2-3-7-18(17)28-19)25-14-12-23(13-15-25)16-21(27)24-10-4-1-5-11-24/h2-3,6-9H,1,4-5,10-16H2/b9-8+. The number of hydrogen-bond acceptors (Lipinski definition) is 5. The first-order valence-corrected chi connectivity index (χ1v) is 10.0. The van der Waals surface area contributed by atoms with E-state index in [9.17, 15) is 9.59 Å².